The van der Waals surface area contributed by atoms with Crippen LogP contribution >= 0.6 is 23.2 Å². The van der Waals surface area contributed by atoms with Gasteiger partial charge in [0.15, 0.2) is 5.96 Å². The first kappa shape index (κ1) is 21.3. The fourth-order valence-electron chi connectivity index (χ4n) is 3.06. The first-order valence-corrected chi connectivity index (χ1v) is 10.2. The summed E-state index contributed by atoms with van der Waals surface area (Å²) in [6, 6.07) is 5.54. The molecule has 26 heavy (non-hydrogen) atoms. The Bertz CT molecular complexity index is 571. The van der Waals surface area contributed by atoms with E-state index in [0.717, 1.165) is 24.5 Å². The molecular formula is C19H31Cl2N5. The molecule has 2 N–H and O–H groups in total. The van der Waals surface area contributed by atoms with Crippen LogP contribution in [0.15, 0.2) is 23.2 Å². The van der Waals surface area contributed by atoms with Crippen LogP contribution in [0, 0.1) is 0 Å². The van der Waals surface area contributed by atoms with Crippen molar-refractivity contribution in [1.29, 1.82) is 0 Å². The molecule has 0 atom stereocenters. The summed E-state index contributed by atoms with van der Waals surface area (Å²) >= 11 is 12.1. The molecule has 2 rings (SSSR count). The second-order valence-corrected chi connectivity index (χ2v) is 7.41. The standard InChI is InChI=1S/C19H31Cl2N5/c1-3-25-10-12-26(13-11-25)9-5-4-8-23-19(22-2)24-15-16-6-7-17(20)14-18(16)21/h6-7,14H,3-5,8-13,15H2,1-2H3,(H2,22,23,24). The van der Waals surface area contributed by atoms with Crippen molar-refractivity contribution in [2.45, 2.75) is 26.3 Å². The number of nitrogens with zero attached hydrogens (tertiary/aromatic N) is 3. The molecule has 0 spiro atoms. The average Bonchev–Trinajstić information content (AvgIpc) is 2.65. The molecule has 1 aliphatic heterocycles. The van der Waals surface area contributed by atoms with Crippen molar-refractivity contribution in [3.63, 3.8) is 0 Å². The van der Waals surface area contributed by atoms with E-state index < -0.39 is 0 Å². The van der Waals surface area contributed by atoms with Gasteiger partial charge in [0, 0.05) is 56.4 Å². The molecular weight excluding hydrogens is 369 g/mol. The third-order valence-electron chi connectivity index (χ3n) is 4.79. The lowest BCUT2D eigenvalue weighted by Gasteiger charge is -2.34. The Labute approximate surface area is 167 Å². The van der Waals surface area contributed by atoms with Crippen molar-refractivity contribution in [2.75, 3.05) is 52.9 Å². The van der Waals surface area contributed by atoms with Crippen molar-refractivity contribution in [3.8, 4) is 0 Å². The van der Waals surface area contributed by atoms with Gasteiger partial charge in [-0.15, -0.1) is 0 Å². The predicted molar refractivity (Wildman–Crippen MR) is 112 cm³/mol. The molecule has 0 aliphatic carbocycles. The summed E-state index contributed by atoms with van der Waals surface area (Å²) in [5.74, 6) is 0.799. The summed E-state index contributed by atoms with van der Waals surface area (Å²) in [4.78, 5) is 9.35. The molecule has 146 valence electrons. The second kappa shape index (κ2) is 11.7. The molecule has 1 fully saturated rings. The van der Waals surface area contributed by atoms with E-state index >= 15 is 0 Å². The van der Waals surface area contributed by atoms with E-state index in [2.05, 4.69) is 32.3 Å². The normalized spacial score (nSPS) is 16.7. The van der Waals surface area contributed by atoms with Gasteiger partial charge in [0.2, 0.25) is 0 Å². The Hall–Kier alpha value is -1.01. The zero-order valence-corrected chi connectivity index (χ0v) is 17.4. The number of nitrogens with one attached hydrogen (secondary N) is 2. The van der Waals surface area contributed by atoms with Gasteiger partial charge in [0.25, 0.3) is 0 Å². The number of benzene rings is 1. The zero-order valence-electron chi connectivity index (χ0n) is 15.9. The van der Waals surface area contributed by atoms with Gasteiger partial charge < -0.3 is 20.4 Å². The topological polar surface area (TPSA) is 42.9 Å². The van der Waals surface area contributed by atoms with Gasteiger partial charge in [-0.1, -0.05) is 36.2 Å². The van der Waals surface area contributed by atoms with Gasteiger partial charge in [-0.3, -0.25) is 4.99 Å². The molecule has 0 radical (unpaired) electrons. The van der Waals surface area contributed by atoms with Crippen molar-refractivity contribution in [3.05, 3.63) is 33.8 Å². The van der Waals surface area contributed by atoms with Crippen LogP contribution in [0.5, 0.6) is 0 Å². The summed E-state index contributed by atoms with van der Waals surface area (Å²) in [5.41, 5.74) is 1.00. The summed E-state index contributed by atoms with van der Waals surface area (Å²) in [7, 11) is 1.78. The molecule has 0 bridgehead atoms. The number of likely N-dealkylation sites (N-methyl/N-ethyl adjacent to an activating group) is 1. The maximum atomic E-state index is 6.20. The highest BCUT2D eigenvalue weighted by molar-refractivity contribution is 6.35. The number of aliphatic imine (C=N–C) groups is 1. The van der Waals surface area contributed by atoms with Gasteiger partial charge in [-0.25, -0.2) is 0 Å². The molecule has 1 aliphatic rings. The zero-order chi connectivity index (χ0) is 18.8. The SMILES string of the molecule is CCN1CCN(CCCCNC(=NC)NCc2ccc(Cl)cc2Cl)CC1. The van der Waals surface area contributed by atoms with Crippen LogP contribution in [0.25, 0.3) is 0 Å². The largest absolute Gasteiger partial charge is 0.356 e. The quantitative estimate of drug-likeness (QED) is 0.400. The molecule has 0 unspecified atom stereocenters. The highest BCUT2D eigenvalue weighted by Crippen LogP contribution is 2.20. The first-order chi connectivity index (χ1) is 12.6. The predicted octanol–water partition coefficient (Wildman–Crippen LogP) is 3.08. The number of unbranched alkanes of at least 4 members (excludes halogenated alkanes) is 1. The van der Waals surface area contributed by atoms with Crippen molar-refractivity contribution < 1.29 is 0 Å². The van der Waals surface area contributed by atoms with Crippen molar-refractivity contribution in [2.24, 2.45) is 4.99 Å². The molecule has 5 nitrogen and oxygen atoms in total. The lowest BCUT2D eigenvalue weighted by Crippen LogP contribution is -2.46. The molecule has 1 aromatic carbocycles. The molecule has 0 saturated carbocycles. The maximum absolute atomic E-state index is 6.20. The van der Waals surface area contributed by atoms with Gasteiger partial charge >= 0.3 is 0 Å². The Kier molecular flexibility index (Phi) is 9.54. The van der Waals surface area contributed by atoms with Gasteiger partial charge in [0.05, 0.1) is 0 Å². The fraction of sp³-hybridized carbons (Fsp3) is 0.632. The molecule has 1 aromatic rings. The van der Waals surface area contributed by atoms with Crippen LogP contribution in [-0.2, 0) is 6.54 Å². The maximum Gasteiger partial charge on any atom is 0.191 e. The third-order valence-corrected chi connectivity index (χ3v) is 5.38. The summed E-state index contributed by atoms with van der Waals surface area (Å²) in [6.45, 7) is 11.0. The van der Waals surface area contributed by atoms with E-state index in [1.807, 2.05) is 12.1 Å². The minimum Gasteiger partial charge on any atom is -0.356 e. The van der Waals surface area contributed by atoms with Gasteiger partial charge in [0.1, 0.15) is 0 Å². The Morgan fingerprint density at radius 2 is 1.81 bits per heavy atom. The fourth-order valence-corrected chi connectivity index (χ4v) is 3.54. The number of guanidine groups is 1. The van der Waals surface area contributed by atoms with E-state index in [9.17, 15) is 0 Å². The smallest absolute Gasteiger partial charge is 0.191 e. The number of rotatable bonds is 8. The van der Waals surface area contributed by atoms with E-state index in [1.165, 1.54) is 45.7 Å². The Morgan fingerprint density at radius 3 is 2.46 bits per heavy atom. The molecule has 0 aromatic heterocycles. The molecule has 1 saturated heterocycles. The monoisotopic (exact) mass is 399 g/mol. The van der Waals surface area contributed by atoms with Crippen LogP contribution in [0.3, 0.4) is 0 Å². The molecule has 1 heterocycles. The van der Waals surface area contributed by atoms with Gasteiger partial charge in [-0.05, 0) is 43.6 Å². The van der Waals surface area contributed by atoms with E-state index in [0.29, 0.717) is 16.6 Å². The minimum atomic E-state index is 0.622. The van der Waals surface area contributed by atoms with Crippen molar-refractivity contribution >= 4 is 29.2 Å². The summed E-state index contributed by atoms with van der Waals surface area (Å²) in [5, 5.41) is 7.98. The Morgan fingerprint density at radius 1 is 1.08 bits per heavy atom. The van der Waals surface area contributed by atoms with E-state index in [4.69, 9.17) is 23.2 Å². The number of hydrogen-bond donors (Lipinski definition) is 2. The van der Waals surface area contributed by atoms with Crippen LogP contribution in [0.2, 0.25) is 10.0 Å². The Balaban J connectivity index is 1.59. The van der Waals surface area contributed by atoms with Crippen LogP contribution < -0.4 is 10.6 Å². The molecule has 7 heteroatoms. The van der Waals surface area contributed by atoms with E-state index in [1.54, 1.807) is 13.1 Å². The minimum absolute atomic E-state index is 0.622. The third kappa shape index (κ3) is 7.31. The number of piperazine rings is 1. The van der Waals surface area contributed by atoms with Crippen LogP contribution in [-0.4, -0.2) is 68.6 Å². The highest BCUT2D eigenvalue weighted by atomic mass is 35.5. The van der Waals surface area contributed by atoms with Gasteiger partial charge in [-0.2, -0.15) is 0 Å². The molecule has 0 amide bonds. The summed E-state index contributed by atoms with van der Waals surface area (Å²) in [6.07, 6.45) is 2.34. The van der Waals surface area contributed by atoms with Crippen LogP contribution in [0.1, 0.15) is 25.3 Å². The number of halogens is 2. The highest BCUT2D eigenvalue weighted by Gasteiger charge is 2.14. The lowest BCUT2D eigenvalue weighted by molar-refractivity contribution is 0.136. The average molecular weight is 400 g/mol. The van der Waals surface area contributed by atoms with Crippen LogP contribution in [0.4, 0.5) is 0 Å². The summed E-state index contributed by atoms with van der Waals surface area (Å²) < 4.78 is 0. The number of hydrogen-bond acceptors (Lipinski definition) is 3. The van der Waals surface area contributed by atoms with Crippen molar-refractivity contribution in [1.82, 2.24) is 20.4 Å². The first-order valence-electron chi connectivity index (χ1n) is 9.45. The van der Waals surface area contributed by atoms with E-state index in [-0.39, 0.29) is 0 Å². The lowest BCUT2D eigenvalue weighted by atomic mass is 10.2. The second-order valence-electron chi connectivity index (χ2n) is 6.57.